The van der Waals surface area contributed by atoms with E-state index in [1.807, 2.05) is 0 Å². The lowest BCUT2D eigenvalue weighted by molar-refractivity contribution is -0.159. The highest BCUT2D eigenvalue weighted by atomic mass is 19.4. The average molecular weight is 351 g/mol. The molecule has 0 atom stereocenters. The fourth-order valence-corrected chi connectivity index (χ4v) is 2.41. The van der Waals surface area contributed by atoms with Crippen molar-refractivity contribution >= 4 is 5.91 Å². The number of hydrogen-bond acceptors (Lipinski definition) is 4. The number of rotatable bonds is 6. The second-order valence-electron chi connectivity index (χ2n) is 5.90. The first-order valence-electron chi connectivity index (χ1n) is 7.78. The minimum Gasteiger partial charge on any atom is -0.334 e. The van der Waals surface area contributed by atoms with E-state index in [9.17, 15) is 18.0 Å². The number of hydrogen-bond donors (Lipinski definition) is 0. The number of carbonyl (C=O) groups is 1. The lowest BCUT2D eigenvalue weighted by atomic mass is 10.1. The van der Waals surface area contributed by atoms with Crippen LogP contribution in [0.1, 0.15) is 24.3 Å². The minimum absolute atomic E-state index is 0.108. The second-order valence-corrected chi connectivity index (χ2v) is 5.90. The van der Waals surface area contributed by atoms with E-state index in [0.717, 1.165) is 18.4 Å². The van der Waals surface area contributed by atoms with Gasteiger partial charge in [0.25, 0.3) is 0 Å². The van der Waals surface area contributed by atoms with Gasteiger partial charge in [-0.25, -0.2) is 0 Å². The predicted molar refractivity (Wildman–Crippen MR) is 83.1 cm³/mol. The van der Waals surface area contributed by atoms with Gasteiger partial charge in [-0.05, 0) is 18.4 Å². The Balaban J connectivity index is 1.72. The van der Waals surface area contributed by atoms with E-state index >= 15 is 0 Å². The van der Waals surface area contributed by atoms with Gasteiger partial charge in [-0.15, -0.1) is 6.58 Å². The third kappa shape index (κ3) is 4.07. The van der Waals surface area contributed by atoms with E-state index < -0.39 is 12.1 Å². The summed E-state index contributed by atoms with van der Waals surface area (Å²) in [6.07, 6.45) is -1.15. The van der Waals surface area contributed by atoms with Crippen LogP contribution in [-0.4, -0.2) is 27.5 Å². The molecule has 0 saturated heterocycles. The van der Waals surface area contributed by atoms with Crippen LogP contribution in [0.4, 0.5) is 13.2 Å². The van der Waals surface area contributed by atoms with Crippen LogP contribution in [-0.2, 0) is 17.5 Å². The highest BCUT2D eigenvalue weighted by molar-refractivity contribution is 5.81. The molecule has 0 spiro atoms. The summed E-state index contributed by atoms with van der Waals surface area (Å²) in [5.74, 6) is -1.29. The topological polar surface area (TPSA) is 59.2 Å². The highest BCUT2D eigenvalue weighted by Gasteiger charge is 2.38. The normalized spacial score (nSPS) is 14.4. The van der Waals surface area contributed by atoms with Crippen LogP contribution in [0.25, 0.3) is 11.4 Å². The average Bonchev–Trinajstić information content (AvgIpc) is 3.29. The first kappa shape index (κ1) is 17.2. The molecular weight excluding hydrogens is 335 g/mol. The van der Waals surface area contributed by atoms with Crippen LogP contribution in [0.5, 0.6) is 0 Å². The van der Waals surface area contributed by atoms with Gasteiger partial charge in [0, 0.05) is 24.6 Å². The third-order valence-corrected chi connectivity index (χ3v) is 3.84. The van der Waals surface area contributed by atoms with Gasteiger partial charge < -0.3 is 9.42 Å². The Bertz CT molecular complexity index is 764. The zero-order valence-electron chi connectivity index (χ0n) is 13.3. The summed E-state index contributed by atoms with van der Waals surface area (Å²) in [7, 11) is 0. The zero-order chi connectivity index (χ0) is 18.0. The lowest BCUT2D eigenvalue weighted by Gasteiger charge is -2.21. The van der Waals surface area contributed by atoms with Gasteiger partial charge in [-0.2, -0.15) is 18.2 Å². The Hall–Kier alpha value is -2.64. The van der Waals surface area contributed by atoms with E-state index in [2.05, 4.69) is 21.2 Å². The number of aromatic nitrogens is 2. The van der Waals surface area contributed by atoms with Gasteiger partial charge in [-0.1, -0.05) is 35.5 Å². The predicted octanol–water partition coefficient (Wildman–Crippen LogP) is 3.68. The molecule has 0 aliphatic heterocycles. The molecule has 1 fully saturated rings. The van der Waals surface area contributed by atoms with Crippen molar-refractivity contribution in [1.29, 1.82) is 0 Å². The van der Waals surface area contributed by atoms with Crippen molar-refractivity contribution in [3.8, 4) is 11.4 Å². The number of alkyl halides is 3. The molecule has 132 valence electrons. The van der Waals surface area contributed by atoms with Crippen molar-refractivity contribution in [3.63, 3.8) is 0 Å². The Morgan fingerprint density at radius 1 is 1.32 bits per heavy atom. The second kappa shape index (κ2) is 6.70. The molecule has 0 bridgehead atoms. The van der Waals surface area contributed by atoms with Gasteiger partial charge in [0.2, 0.25) is 11.7 Å². The molecule has 0 radical (unpaired) electrons. The first-order valence-corrected chi connectivity index (χ1v) is 7.78. The molecule has 0 unspecified atom stereocenters. The number of benzene rings is 1. The van der Waals surface area contributed by atoms with E-state index in [4.69, 9.17) is 0 Å². The largest absolute Gasteiger partial charge is 0.471 e. The van der Waals surface area contributed by atoms with Gasteiger partial charge in [0.15, 0.2) is 0 Å². The summed E-state index contributed by atoms with van der Waals surface area (Å²) in [6, 6.07) is 6.67. The summed E-state index contributed by atoms with van der Waals surface area (Å²) in [6.45, 7) is 4.54. The van der Waals surface area contributed by atoms with Crippen molar-refractivity contribution in [2.45, 2.75) is 25.6 Å². The van der Waals surface area contributed by atoms with E-state index in [-0.39, 0.29) is 17.6 Å². The quantitative estimate of drug-likeness (QED) is 0.745. The molecule has 5 nitrogen and oxygen atoms in total. The fraction of sp³-hybridized carbons (Fsp3) is 0.353. The van der Waals surface area contributed by atoms with Crippen LogP contribution in [0.3, 0.4) is 0 Å². The summed E-state index contributed by atoms with van der Waals surface area (Å²) in [5, 5.41) is 3.35. The minimum atomic E-state index is -4.67. The molecular formula is C17H16F3N3O2. The Morgan fingerprint density at radius 3 is 2.52 bits per heavy atom. The van der Waals surface area contributed by atoms with Gasteiger partial charge in [-0.3, -0.25) is 4.79 Å². The van der Waals surface area contributed by atoms with Crippen molar-refractivity contribution in [3.05, 3.63) is 48.4 Å². The smallest absolute Gasteiger partial charge is 0.334 e. The van der Waals surface area contributed by atoms with Crippen LogP contribution >= 0.6 is 0 Å². The van der Waals surface area contributed by atoms with E-state index in [1.165, 1.54) is 0 Å². The van der Waals surface area contributed by atoms with Crippen LogP contribution in [0.15, 0.2) is 41.4 Å². The summed E-state index contributed by atoms with van der Waals surface area (Å²) < 4.78 is 41.7. The summed E-state index contributed by atoms with van der Waals surface area (Å²) in [5.41, 5.74) is 1.27. The van der Waals surface area contributed by atoms with Crippen molar-refractivity contribution in [2.75, 3.05) is 6.54 Å². The van der Waals surface area contributed by atoms with Gasteiger partial charge in [0.05, 0.1) is 0 Å². The summed E-state index contributed by atoms with van der Waals surface area (Å²) in [4.78, 5) is 17.3. The molecule has 1 aliphatic rings. The summed E-state index contributed by atoms with van der Waals surface area (Å²) >= 11 is 0. The van der Waals surface area contributed by atoms with E-state index in [0.29, 0.717) is 18.7 Å². The maximum Gasteiger partial charge on any atom is 0.471 e. The Labute approximate surface area is 142 Å². The number of nitrogens with zero attached hydrogens (tertiary/aromatic N) is 3. The Morgan fingerprint density at radius 2 is 2.00 bits per heavy atom. The number of amides is 1. The lowest BCUT2D eigenvalue weighted by Crippen LogP contribution is -2.31. The standard InChI is InChI=1S/C17H16F3N3O2/c1-2-9-23(15(24)13-7-8-13)10-11-3-5-12(6-4-11)14-21-16(25-22-14)17(18,19)20/h2-6,13H,1,7-10H2. The van der Waals surface area contributed by atoms with Gasteiger partial charge in [0.1, 0.15) is 0 Å². The maximum atomic E-state index is 12.5. The SMILES string of the molecule is C=CCN(Cc1ccc(-c2noc(C(F)(F)F)n2)cc1)C(=O)C1CC1. The fourth-order valence-electron chi connectivity index (χ4n) is 2.41. The molecule has 1 saturated carbocycles. The Kier molecular flexibility index (Phi) is 4.61. The van der Waals surface area contributed by atoms with Gasteiger partial charge >= 0.3 is 12.1 Å². The number of carbonyl (C=O) groups excluding carboxylic acids is 1. The molecule has 1 aliphatic carbocycles. The van der Waals surface area contributed by atoms with Crippen molar-refractivity contribution in [2.24, 2.45) is 5.92 Å². The molecule has 8 heteroatoms. The molecule has 25 heavy (non-hydrogen) atoms. The molecule has 3 rings (SSSR count). The first-order chi connectivity index (χ1) is 11.9. The van der Waals surface area contributed by atoms with Crippen LogP contribution in [0.2, 0.25) is 0 Å². The van der Waals surface area contributed by atoms with Crippen LogP contribution < -0.4 is 0 Å². The zero-order valence-corrected chi connectivity index (χ0v) is 13.3. The monoisotopic (exact) mass is 351 g/mol. The molecule has 1 aromatic carbocycles. The molecule has 1 aromatic heterocycles. The third-order valence-electron chi connectivity index (χ3n) is 3.84. The highest BCUT2D eigenvalue weighted by Crippen LogP contribution is 2.32. The van der Waals surface area contributed by atoms with Crippen LogP contribution in [0, 0.1) is 5.92 Å². The van der Waals surface area contributed by atoms with Crippen molar-refractivity contribution < 1.29 is 22.5 Å². The molecule has 0 N–H and O–H groups in total. The van der Waals surface area contributed by atoms with E-state index in [1.54, 1.807) is 35.2 Å². The molecule has 1 heterocycles. The molecule has 2 aromatic rings. The number of halogens is 3. The molecule has 1 amide bonds. The van der Waals surface area contributed by atoms with Crippen molar-refractivity contribution in [1.82, 2.24) is 15.0 Å². The maximum absolute atomic E-state index is 12.5.